The van der Waals surface area contributed by atoms with Gasteiger partial charge in [0, 0.05) is 5.56 Å². The van der Waals surface area contributed by atoms with E-state index >= 15 is 0 Å². The van der Waals surface area contributed by atoms with E-state index in [0.717, 1.165) is 0 Å². The van der Waals surface area contributed by atoms with Crippen LogP contribution in [-0.4, -0.2) is 10.5 Å². The monoisotopic (exact) mass is 201 g/mol. The molecule has 0 unspecified atom stereocenters. The molecule has 1 rings (SSSR count). The van der Waals surface area contributed by atoms with Crippen LogP contribution in [-0.2, 0) is 0 Å². The molecule has 0 fully saturated rings. The molecular weight excluding hydrogens is 197 g/mol. The van der Waals surface area contributed by atoms with Crippen LogP contribution in [0.4, 0.5) is 4.79 Å². The van der Waals surface area contributed by atoms with E-state index in [1.54, 1.807) is 24.3 Å². The smallest absolute Gasteiger partial charge is 0.253 e. The molecule has 1 amide bonds. The normalized spacial score (nSPS) is 11.3. The highest BCUT2D eigenvalue weighted by Crippen LogP contribution is 2.05. The van der Waals surface area contributed by atoms with E-state index in [1.165, 1.54) is 0 Å². The summed E-state index contributed by atoms with van der Waals surface area (Å²) in [5, 5.41) is -0.709. The second-order valence-electron chi connectivity index (χ2n) is 2.02. The highest BCUT2D eigenvalue weighted by atomic mass is 35.5. The Morgan fingerprint density at radius 2 is 1.75 bits per heavy atom. The van der Waals surface area contributed by atoms with Crippen LogP contribution < -0.4 is 0 Å². The average Bonchev–Trinajstić information content (AvgIpc) is 2.05. The molecule has 12 heavy (non-hydrogen) atoms. The predicted octanol–water partition coefficient (Wildman–Crippen LogP) is 3.03. The lowest BCUT2D eigenvalue weighted by Gasteiger charge is -1.93. The molecule has 0 aromatic heterocycles. The van der Waals surface area contributed by atoms with Gasteiger partial charge in [-0.1, -0.05) is 41.9 Å². The molecule has 4 heteroatoms. The summed E-state index contributed by atoms with van der Waals surface area (Å²) in [6.07, 6.45) is 0. The van der Waals surface area contributed by atoms with Gasteiger partial charge in [0.25, 0.3) is 0 Å². The van der Waals surface area contributed by atoms with E-state index in [1.807, 2.05) is 6.07 Å². The molecule has 1 aromatic carbocycles. The van der Waals surface area contributed by atoms with Crippen molar-refractivity contribution in [2.24, 2.45) is 4.99 Å². The molecule has 0 bridgehead atoms. The Morgan fingerprint density at radius 3 is 2.25 bits per heavy atom. The Hall–Kier alpha value is -0.860. The Labute approximate surface area is 79.8 Å². The maximum Gasteiger partial charge on any atom is 0.341 e. The van der Waals surface area contributed by atoms with Crippen molar-refractivity contribution < 1.29 is 4.79 Å². The number of hydrogen-bond acceptors (Lipinski definition) is 1. The Morgan fingerprint density at radius 1 is 1.17 bits per heavy atom. The van der Waals surface area contributed by atoms with Crippen molar-refractivity contribution in [3.8, 4) is 0 Å². The molecule has 0 aliphatic rings. The molecule has 0 saturated heterocycles. The van der Waals surface area contributed by atoms with Gasteiger partial charge in [-0.15, -0.1) is 0 Å². The molecule has 0 saturated carbocycles. The molecule has 2 nitrogen and oxygen atoms in total. The minimum absolute atomic E-state index is 0.107. The van der Waals surface area contributed by atoms with Crippen molar-refractivity contribution in [1.82, 2.24) is 0 Å². The molecule has 0 N–H and O–H groups in total. The largest absolute Gasteiger partial charge is 0.341 e. The fraction of sp³-hybridized carbons (Fsp3) is 0. The minimum atomic E-state index is -0.816. The van der Waals surface area contributed by atoms with E-state index in [0.29, 0.717) is 5.56 Å². The van der Waals surface area contributed by atoms with Gasteiger partial charge in [-0.2, -0.15) is 4.99 Å². The number of amides is 1. The van der Waals surface area contributed by atoms with Gasteiger partial charge < -0.3 is 0 Å². The summed E-state index contributed by atoms with van der Waals surface area (Å²) in [5.74, 6) is 0. The van der Waals surface area contributed by atoms with Crippen molar-refractivity contribution >= 4 is 33.7 Å². The highest BCUT2D eigenvalue weighted by molar-refractivity contribution is 6.73. The van der Waals surface area contributed by atoms with Gasteiger partial charge in [0.15, 0.2) is 0 Å². The zero-order valence-corrected chi connectivity index (χ0v) is 7.51. The van der Waals surface area contributed by atoms with Crippen LogP contribution in [0.1, 0.15) is 5.56 Å². The molecule has 62 valence electrons. The van der Waals surface area contributed by atoms with Crippen LogP contribution in [0, 0.1) is 0 Å². The molecule has 1 aromatic rings. The molecular formula is C8H5Cl2NO. The van der Waals surface area contributed by atoms with Crippen LogP contribution in [0.3, 0.4) is 0 Å². The number of carbonyl (C=O) groups is 1. The van der Waals surface area contributed by atoms with Crippen molar-refractivity contribution in [2.45, 2.75) is 0 Å². The number of carbonyl (C=O) groups excluding carboxylic acids is 1. The van der Waals surface area contributed by atoms with Gasteiger partial charge in [-0.3, -0.25) is 4.79 Å². The Bertz CT molecular complexity index is 308. The lowest BCUT2D eigenvalue weighted by molar-refractivity contribution is 0.266. The molecule has 0 atom stereocenters. The summed E-state index contributed by atoms with van der Waals surface area (Å²) in [6, 6.07) is 8.92. The van der Waals surface area contributed by atoms with E-state index < -0.39 is 5.37 Å². The van der Waals surface area contributed by atoms with Crippen molar-refractivity contribution in [1.29, 1.82) is 0 Å². The second kappa shape index (κ2) is 4.24. The number of halogens is 2. The first kappa shape index (κ1) is 9.23. The van der Waals surface area contributed by atoms with Crippen molar-refractivity contribution in [3.63, 3.8) is 0 Å². The summed E-state index contributed by atoms with van der Waals surface area (Å²) in [4.78, 5) is 13.7. The Balaban J connectivity index is 2.93. The van der Waals surface area contributed by atoms with E-state index in [4.69, 9.17) is 23.2 Å². The quantitative estimate of drug-likeness (QED) is 0.391. The van der Waals surface area contributed by atoms with Crippen LogP contribution >= 0.6 is 23.2 Å². The fourth-order valence-electron chi connectivity index (χ4n) is 0.717. The first-order valence-corrected chi connectivity index (χ1v) is 3.95. The molecule has 0 radical (unpaired) electrons. The van der Waals surface area contributed by atoms with E-state index in [2.05, 4.69) is 4.99 Å². The number of aliphatic imine (C=N–C) groups is 1. The van der Waals surface area contributed by atoms with Crippen molar-refractivity contribution in [3.05, 3.63) is 35.9 Å². The van der Waals surface area contributed by atoms with Gasteiger partial charge in [0.05, 0.1) is 0 Å². The highest BCUT2D eigenvalue weighted by Gasteiger charge is 1.99. The molecule has 0 spiro atoms. The average molecular weight is 202 g/mol. The van der Waals surface area contributed by atoms with Gasteiger partial charge in [-0.25, -0.2) is 0 Å². The predicted molar refractivity (Wildman–Crippen MR) is 50.1 cm³/mol. The third-order valence-corrected chi connectivity index (χ3v) is 1.59. The minimum Gasteiger partial charge on any atom is -0.253 e. The summed E-state index contributed by atoms with van der Waals surface area (Å²) >= 11 is 10.7. The standard InChI is InChI=1S/C8H5Cl2NO/c9-7(11-8(10)12)6-4-2-1-3-5-6/h1-5H. The Kier molecular flexibility index (Phi) is 3.26. The lowest BCUT2D eigenvalue weighted by Crippen LogP contribution is -1.92. The lowest BCUT2D eigenvalue weighted by atomic mass is 10.2. The number of hydrogen-bond donors (Lipinski definition) is 0. The summed E-state index contributed by atoms with van der Waals surface area (Å²) in [7, 11) is 0. The maximum atomic E-state index is 10.3. The maximum absolute atomic E-state index is 10.3. The summed E-state index contributed by atoms with van der Waals surface area (Å²) in [5.41, 5.74) is 0.674. The van der Waals surface area contributed by atoms with Crippen LogP contribution in [0.2, 0.25) is 0 Å². The molecule has 0 aliphatic carbocycles. The zero-order chi connectivity index (χ0) is 8.97. The zero-order valence-electron chi connectivity index (χ0n) is 6.00. The van der Waals surface area contributed by atoms with Crippen LogP contribution in [0.25, 0.3) is 0 Å². The van der Waals surface area contributed by atoms with E-state index in [-0.39, 0.29) is 5.17 Å². The second-order valence-corrected chi connectivity index (χ2v) is 2.70. The molecule has 0 heterocycles. The third kappa shape index (κ3) is 2.64. The first-order valence-electron chi connectivity index (χ1n) is 3.19. The topological polar surface area (TPSA) is 29.4 Å². The number of rotatable bonds is 1. The first-order chi connectivity index (χ1) is 5.70. The number of nitrogens with zero attached hydrogens (tertiary/aromatic N) is 1. The summed E-state index contributed by atoms with van der Waals surface area (Å²) < 4.78 is 0. The molecule has 0 aliphatic heterocycles. The number of benzene rings is 1. The summed E-state index contributed by atoms with van der Waals surface area (Å²) in [6.45, 7) is 0. The third-order valence-electron chi connectivity index (χ3n) is 1.20. The van der Waals surface area contributed by atoms with Gasteiger partial charge in [-0.05, 0) is 11.6 Å². The fourth-order valence-corrected chi connectivity index (χ4v) is 1.05. The van der Waals surface area contributed by atoms with Crippen LogP contribution in [0.5, 0.6) is 0 Å². The van der Waals surface area contributed by atoms with Crippen LogP contribution in [0.15, 0.2) is 35.3 Å². The van der Waals surface area contributed by atoms with Gasteiger partial charge in [0.2, 0.25) is 0 Å². The van der Waals surface area contributed by atoms with Crippen molar-refractivity contribution in [2.75, 3.05) is 0 Å². The van der Waals surface area contributed by atoms with E-state index in [9.17, 15) is 4.79 Å². The SMILES string of the molecule is O=C(Cl)N=C(Cl)c1ccccc1. The van der Waals surface area contributed by atoms with Gasteiger partial charge in [0.1, 0.15) is 5.17 Å². The van der Waals surface area contributed by atoms with Gasteiger partial charge >= 0.3 is 5.37 Å².